The maximum Gasteiger partial charge on any atom is 0.194 e. The summed E-state index contributed by atoms with van der Waals surface area (Å²) in [6.07, 6.45) is 7.44. The number of pyridine rings is 1. The van der Waals surface area contributed by atoms with Gasteiger partial charge in [0.2, 0.25) is 0 Å². The second-order valence-electron chi connectivity index (χ2n) is 8.20. The van der Waals surface area contributed by atoms with E-state index in [1.807, 2.05) is 24.1 Å². The number of ether oxygens (including phenoxy) is 1. The first-order valence-corrected chi connectivity index (χ1v) is 11.0. The zero-order valence-corrected chi connectivity index (χ0v) is 18.3. The minimum atomic E-state index is 0.253. The van der Waals surface area contributed by atoms with E-state index in [0.29, 0.717) is 12.5 Å². The summed E-state index contributed by atoms with van der Waals surface area (Å²) < 4.78 is 7.50. The molecule has 2 fully saturated rings. The summed E-state index contributed by atoms with van der Waals surface area (Å²) in [5, 5.41) is 7.78. The van der Waals surface area contributed by atoms with Crippen molar-refractivity contribution in [2.75, 3.05) is 44.2 Å². The Morgan fingerprint density at radius 2 is 2.17 bits per heavy atom. The molecule has 8 heteroatoms. The fraction of sp³-hybridized carbons (Fsp3) is 0.591. The number of likely N-dealkylation sites (tertiary alicyclic amines) is 1. The third-order valence-electron chi connectivity index (χ3n) is 5.80. The Labute approximate surface area is 178 Å². The summed E-state index contributed by atoms with van der Waals surface area (Å²) in [5.41, 5.74) is 2.44. The number of nitrogens with zero attached hydrogens (tertiary/aromatic N) is 6. The third-order valence-corrected chi connectivity index (χ3v) is 5.80. The van der Waals surface area contributed by atoms with Crippen LogP contribution in [0.1, 0.15) is 37.3 Å². The van der Waals surface area contributed by atoms with Gasteiger partial charge < -0.3 is 19.9 Å². The van der Waals surface area contributed by atoms with Gasteiger partial charge >= 0.3 is 0 Å². The van der Waals surface area contributed by atoms with Crippen molar-refractivity contribution in [3.63, 3.8) is 0 Å². The van der Waals surface area contributed by atoms with Crippen molar-refractivity contribution in [3.8, 4) is 0 Å². The molecular weight excluding hydrogens is 378 g/mol. The summed E-state index contributed by atoms with van der Waals surface area (Å²) in [4.78, 5) is 14.2. The van der Waals surface area contributed by atoms with E-state index >= 15 is 0 Å². The van der Waals surface area contributed by atoms with Crippen LogP contribution in [0.5, 0.6) is 0 Å². The molecule has 2 unspecified atom stereocenters. The van der Waals surface area contributed by atoms with Crippen molar-refractivity contribution >= 4 is 11.8 Å². The Balaban J connectivity index is 1.38. The van der Waals surface area contributed by atoms with Crippen molar-refractivity contribution < 1.29 is 4.74 Å². The van der Waals surface area contributed by atoms with Gasteiger partial charge in [-0.1, -0.05) is 6.07 Å². The van der Waals surface area contributed by atoms with E-state index in [-0.39, 0.29) is 6.10 Å². The summed E-state index contributed by atoms with van der Waals surface area (Å²) in [6, 6.07) is 4.24. The first kappa shape index (κ1) is 20.7. The van der Waals surface area contributed by atoms with Crippen molar-refractivity contribution in [3.05, 3.63) is 41.9 Å². The largest absolute Gasteiger partial charge is 0.375 e. The molecule has 2 aliphatic heterocycles. The van der Waals surface area contributed by atoms with Gasteiger partial charge in [-0.05, 0) is 37.5 Å². The minimum absolute atomic E-state index is 0.253. The molecule has 8 nitrogen and oxygen atoms in total. The summed E-state index contributed by atoms with van der Waals surface area (Å²) in [5.74, 6) is 2.51. The van der Waals surface area contributed by atoms with E-state index in [2.05, 4.69) is 57.4 Å². The van der Waals surface area contributed by atoms with Crippen LogP contribution < -0.4 is 10.2 Å². The number of rotatable bonds is 5. The fourth-order valence-corrected chi connectivity index (χ4v) is 4.19. The lowest BCUT2D eigenvalue weighted by Crippen LogP contribution is -2.41. The summed E-state index contributed by atoms with van der Waals surface area (Å²) in [6.45, 7) is 10.2. The second-order valence-corrected chi connectivity index (χ2v) is 8.20. The van der Waals surface area contributed by atoms with E-state index in [1.54, 1.807) is 0 Å². The maximum absolute atomic E-state index is 5.62. The van der Waals surface area contributed by atoms with Crippen LogP contribution in [-0.4, -0.2) is 71.1 Å². The fourth-order valence-electron chi connectivity index (χ4n) is 4.19. The number of aliphatic imine (C=N–C) groups is 1. The van der Waals surface area contributed by atoms with Crippen LogP contribution >= 0.6 is 0 Å². The van der Waals surface area contributed by atoms with Crippen LogP contribution in [0.15, 0.2) is 35.7 Å². The highest BCUT2D eigenvalue weighted by Crippen LogP contribution is 2.26. The lowest BCUT2D eigenvalue weighted by Gasteiger charge is -2.32. The molecule has 2 aromatic rings. The van der Waals surface area contributed by atoms with E-state index in [4.69, 9.17) is 9.73 Å². The Kier molecular flexibility index (Phi) is 6.52. The van der Waals surface area contributed by atoms with E-state index < -0.39 is 0 Å². The summed E-state index contributed by atoms with van der Waals surface area (Å²) >= 11 is 0. The second kappa shape index (κ2) is 9.47. The van der Waals surface area contributed by atoms with Crippen LogP contribution in [0.25, 0.3) is 0 Å². The van der Waals surface area contributed by atoms with Crippen LogP contribution in [0, 0.1) is 0 Å². The molecule has 2 aromatic heterocycles. The first-order valence-electron chi connectivity index (χ1n) is 11.0. The highest BCUT2D eigenvalue weighted by atomic mass is 16.5. The van der Waals surface area contributed by atoms with Gasteiger partial charge in [0.05, 0.1) is 25.5 Å². The lowest BCUT2D eigenvalue weighted by molar-refractivity contribution is 0.0529. The number of nitrogens with one attached hydrogen (secondary N) is 1. The number of anilines is 1. The standard InChI is InChI=1S/C22H33N7O/c1-4-23-22(29-8-7-19(16-29)20-13-26-27(3)15-20)25-12-18-5-6-21(24-11-18)28-9-10-30-17(2)14-28/h5-6,11,13,15,17,19H,4,7-10,12,14,16H2,1-3H3,(H,23,25). The number of guanidine groups is 1. The molecule has 162 valence electrons. The number of morpholine rings is 1. The van der Waals surface area contributed by atoms with Crippen molar-refractivity contribution in [2.24, 2.45) is 12.0 Å². The smallest absolute Gasteiger partial charge is 0.194 e. The van der Waals surface area contributed by atoms with Crippen molar-refractivity contribution in [1.29, 1.82) is 0 Å². The molecule has 4 rings (SSSR count). The molecule has 2 atom stereocenters. The topological polar surface area (TPSA) is 70.8 Å². The molecule has 0 bridgehead atoms. The zero-order chi connectivity index (χ0) is 20.9. The van der Waals surface area contributed by atoms with E-state index in [0.717, 1.165) is 63.1 Å². The molecular formula is C22H33N7O. The molecule has 0 amide bonds. The molecule has 2 aliphatic rings. The monoisotopic (exact) mass is 411 g/mol. The normalized spacial score (nSPS) is 22.6. The lowest BCUT2D eigenvalue weighted by atomic mass is 10.0. The molecule has 30 heavy (non-hydrogen) atoms. The maximum atomic E-state index is 5.62. The van der Waals surface area contributed by atoms with Gasteiger partial charge in [-0.25, -0.2) is 9.98 Å². The Bertz CT molecular complexity index is 847. The zero-order valence-electron chi connectivity index (χ0n) is 18.3. The van der Waals surface area contributed by atoms with Gasteiger partial charge in [0, 0.05) is 58.1 Å². The average molecular weight is 412 g/mol. The van der Waals surface area contributed by atoms with Gasteiger partial charge in [0.25, 0.3) is 0 Å². The SMILES string of the molecule is CCNC(=NCc1ccc(N2CCOC(C)C2)nc1)N1CCC(c2cnn(C)c2)C1. The highest BCUT2D eigenvalue weighted by molar-refractivity contribution is 5.80. The highest BCUT2D eigenvalue weighted by Gasteiger charge is 2.27. The van der Waals surface area contributed by atoms with Crippen LogP contribution in [0.2, 0.25) is 0 Å². The molecule has 0 spiro atoms. The number of hydrogen-bond acceptors (Lipinski definition) is 5. The first-order chi connectivity index (χ1) is 14.6. The Hall–Kier alpha value is -2.61. The Morgan fingerprint density at radius 1 is 1.27 bits per heavy atom. The van der Waals surface area contributed by atoms with Gasteiger partial charge in [-0.15, -0.1) is 0 Å². The predicted octanol–water partition coefficient (Wildman–Crippen LogP) is 2.00. The van der Waals surface area contributed by atoms with Crippen LogP contribution in [0.4, 0.5) is 5.82 Å². The Morgan fingerprint density at radius 3 is 2.87 bits per heavy atom. The molecule has 4 heterocycles. The number of hydrogen-bond donors (Lipinski definition) is 1. The van der Waals surface area contributed by atoms with E-state index in [1.165, 1.54) is 5.56 Å². The van der Waals surface area contributed by atoms with Crippen LogP contribution in [-0.2, 0) is 18.3 Å². The summed E-state index contributed by atoms with van der Waals surface area (Å²) in [7, 11) is 1.97. The van der Waals surface area contributed by atoms with Gasteiger partial charge in [0.15, 0.2) is 5.96 Å². The predicted molar refractivity (Wildman–Crippen MR) is 119 cm³/mol. The van der Waals surface area contributed by atoms with Gasteiger partial charge in [-0.3, -0.25) is 4.68 Å². The number of aryl methyl sites for hydroxylation is 1. The molecule has 0 saturated carbocycles. The van der Waals surface area contributed by atoms with Crippen LogP contribution in [0.3, 0.4) is 0 Å². The molecule has 0 radical (unpaired) electrons. The average Bonchev–Trinajstić information content (AvgIpc) is 3.41. The minimum Gasteiger partial charge on any atom is -0.375 e. The number of aromatic nitrogens is 3. The quantitative estimate of drug-likeness (QED) is 0.599. The molecule has 0 aliphatic carbocycles. The van der Waals surface area contributed by atoms with Crippen molar-refractivity contribution in [2.45, 2.75) is 38.8 Å². The third kappa shape index (κ3) is 4.92. The van der Waals surface area contributed by atoms with Gasteiger partial charge in [0.1, 0.15) is 5.82 Å². The molecule has 1 N–H and O–H groups in total. The van der Waals surface area contributed by atoms with E-state index in [9.17, 15) is 0 Å². The van der Waals surface area contributed by atoms with Gasteiger partial charge in [-0.2, -0.15) is 5.10 Å². The molecule has 0 aromatic carbocycles. The molecule has 2 saturated heterocycles. The van der Waals surface area contributed by atoms with Crippen molar-refractivity contribution in [1.82, 2.24) is 25.0 Å².